The van der Waals surface area contributed by atoms with Crippen LogP contribution in [0, 0.1) is 5.92 Å². The van der Waals surface area contributed by atoms with E-state index in [4.69, 9.17) is 4.74 Å². The lowest BCUT2D eigenvalue weighted by molar-refractivity contribution is -0.174. The Morgan fingerprint density at radius 1 is 1.50 bits per heavy atom. The van der Waals surface area contributed by atoms with Crippen LogP contribution in [0.25, 0.3) is 0 Å². The van der Waals surface area contributed by atoms with Gasteiger partial charge in [-0.25, -0.2) is 4.79 Å². The average molecular weight is 199 g/mol. The number of likely N-dealkylation sites (tertiary alicyclic amines) is 1. The van der Waals surface area contributed by atoms with Crippen LogP contribution in [0.2, 0.25) is 0 Å². The predicted octanol–water partition coefficient (Wildman–Crippen LogP) is -0.405. The van der Waals surface area contributed by atoms with E-state index in [-0.39, 0.29) is 18.3 Å². The number of carbonyl (C=O) groups excluding carboxylic acids is 3. The molecule has 1 aliphatic rings. The van der Waals surface area contributed by atoms with E-state index >= 15 is 0 Å². The number of Topliss-reactive ketones (excluding diaryl/α,β-unsaturated/α-hetero) is 1. The van der Waals surface area contributed by atoms with E-state index < -0.39 is 17.9 Å². The molecule has 2 atom stereocenters. The molecule has 14 heavy (non-hydrogen) atoms. The molecule has 0 saturated carbocycles. The molecular formula is C9H13NO4. The first-order chi connectivity index (χ1) is 6.50. The second kappa shape index (κ2) is 3.77. The third kappa shape index (κ3) is 1.49. The molecule has 5 nitrogen and oxygen atoms in total. The van der Waals surface area contributed by atoms with Gasteiger partial charge in [0.25, 0.3) is 0 Å². The van der Waals surface area contributed by atoms with Crippen LogP contribution >= 0.6 is 0 Å². The number of β-lactam (4-membered cyclic amide) rings is 1. The number of hydrogen-bond acceptors (Lipinski definition) is 4. The van der Waals surface area contributed by atoms with Crippen molar-refractivity contribution in [2.45, 2.75) is 19.9 Å². The molecule has 0 aromatic rings. The minimum atomic E-state index is -0.834. The van der Waals surface area contributed by atoms with Gasteiger partial charge in [-0.05, 0) is 13.8 Å². The zero-order valence-corrected chi connectivity index (χ0v) is 8.44. The fourth-order valence-electron chi connectivity index (χ4n) is 1.55. The van der Waals surface area contributed by atoms with Gasteiger partial charge in [-0.3, -0.25) is 9.59 Å². The summed E-state index contributed by atoms with van der Waals surface area (Å²) in [4.78, 5) is 34.8. The largest absolute Gasteiger partial charge is 0.464 e. The van der Waals surface area contributed by atoms with Gasteiger partial charge in [0, 0.05) is 7.05 Å². The molecule has 1 amide bonds. The maximum absolute atomic E-state index is 11.3. The Morgan fingerprint density at radius 2 is 2.07 bits per heavy atom. The van der Waals surface area contributed by atoms with Gasteiger partial charge in [-0.1, -0.05) is 0 Å². The van der Waals surface area contributed by atoms with E-state index in [0.717, 1.165) is 0 Å². The topological polar surface area (TPSA) is 63.7 Å². The molecule has 0 aromatic carbocycles. The quantitative estimate of drug-likeness (QED) is 0.352. The van der Waals surface area contributed by atoms with Crippen LogP contribution in [0.15, 0.2) is 0 Å². The number of nitrogens with zero attached hydrogens (tertiary/aromatic N) is 1. The summed E-state index contributed by atoms with van der Waals surface area (Å²) in [6.45, 7) is 3.24. The lowest BCUT2D eigenvalue weighted by atomic mass is 9.85. The average Bonchev–Trinajstić information content (AvgIpc) is 2.11. The summed E-state index contributed by atoms with van der Waals surface area (Å²) in [5, 5.41) is 0. The van der Waals surface area contributed by atoms with E-state index in [1.54, 1.807) is 6.92 Å². The summed E-state index contributed by atoms with van der Waals surface area (Å²) in [6, 6.07) is -0.722. The van der Waals surface area contributed by atoms with Crippen LogP contribution in [0.5, 0.6) is 0 Å². The van der Waals surface area contributed by atoms with Crippen molar-refractivity contribution in [2.75, 3.05) is 13.7 Å². The Balaban J connectivity index is 2.73. The van der Waals surface area contributed by atoms with Crippen LogP contribution < -0.4 is 0 Å². The van der Waals surface area contributed by atoms with Gasteiger partial charge in [0.05, 0.1) is 6.61 Å². The van der Waals surface area contributed by atoms with Crippen molar-refractivity contribution in [3.63, 3.8) is 0 Å². The molecule has 1 rings (SSSR count). The van der Waals surface area contributed by atoms with Crippen molar-refractivity contribution < 1.29 is 19.1 Å². The molecule has 1 heterocycles. The van der Waals surface area contributed by atoms with E-state index in [0.29, 0.717) is 0 Å². The smallest absolute Gasteiger partial charge is 0.330 e. The summed E-state index contributed by atoms with van der Waals surface area (Å²) < 4.78 is 4.76. The van der Waals surface area contributed by atoms with Crippen LogP contribution in [-0.4, -0.2) is 42.3 Å². The molecule has 0 N–H and O–H groups in total. The monoisotopic (exact) mass is 199 g/mol. The van der Waals surface area contributed by atoms with Crippen LogP contribution in [0.3, 0.4) is 0 Å². The van der Waals surface area contributed by atoms with Crippen molar-refractivity contribution in [3.05, 3.63) is 0 Å². The van der Waals surface area contributed by atoms with E-state index in [9.17, 15) is 14.4 Å². The maximum atomic E-state index is 11.3. The lowest BCUT2D eigenvalue weighted by Crippen LogP contribution is -2.65. The Hall–Kier alpha value is -1.39. The number of likely N-dealkylation sites (N-methyl/N-ethyl adjacent to an activating group) is 1. The minimum Gasteiger partial charge on any atom is -0.464 e. The van der Waals surface area contributed by atoms with E-state index in [2.05, 4.69) is 0 Å². The van der Waals surface area contributed by atoms with Gasteiger partial charge in [0.1, 0.15) is 17.7 Å². The molecule has 0 spiro atoms. The van der Waals surface area contributed by atoms with E-state index in [1.165, 1.54) is 18.9 Å². The Kier molecular flexibility index (Phi) is 2.88. The highest BCUT2D eigenvalue weighted by molar-refractivity contribution is 6.11. The molecule has 78 valence electrons. The lowest BCUT2D eigenvalue weighted by Gasteiger charge is -2.41. The van der Waals surface area contributed by atoms with E-state index in [1.807, 2.05) is 0 Å². The number of rotatable bonds is 3. The number of ketones is 1. The first-order valence-corrected chi connectivity index (χ1v) is 4.44. The summed E-state index contributed by atoms with van der Waals surface area (Å²) in [5.74, 6) is -1.93. The number of hydrogen-bond donors (Lipinski definition) is 0. The first-order valence-electron chi connectivity index (χ1n) is 4.44. The number of ether oxygens (including phenoxy) is 1. The number of carbonyl (C=O) groups is 3. The maximum Gasteiger partial charge on any atom is 0.330 e. The molecule has 0 radical (unpaired) electrons. The van der Waals surface area contributed by atoms with Crippen LogP contribution in [0.4, 0.5) is 0 Å². The summed E-state index contributed by atoms with van der Waals surface area (Å²) in [6.07, 6.45) is 0. The standard InChI is InChI=1S/C9H13NO4/c1-4-14-9(13)7-6(5(2)11)8(12)10(7)3/h6-7H,4H2,1-3H3. The Morgan fingerprint density at radius 3 is 2.50 bits per heavy atom. The van der Waals surface area contributed by atoms with Crippen molar-refractivity contribution >= 4 is 17.7 Å². The SMILES string of the molecule is CCOC(=O)C1C(C(C)=O)C(=O)N1C. The zero-order valence-electron chi connectivity index (χ0n) is 8.44. The molecule has 0 aliphatic carbocycles. The fraction of sp³-hybridized carbons (Fsp3) is 0.667. The van der Waals surface area contributed by atoms with Crippen molar-refractivity contribution in [1.29, 1.82) is 0 Å². The fourth-order valence-corrected chi connectivity index (χ4v) is 1.55. The van der Waals surface area contributed by atoms with Crippen LogP contribution in [0.1, 0.15) is 13.8 Å². The van der Waals surface area contributed by atoms with Crippen molar-refractivity contribution in [3.8, 4) is 0 Å². The highest BCUT2D eigenvalue weighted by Crippen LogP contribution is 2.26. The number of esters is 1. The highest BCUT2D eigenvalue weighted by atomic mass is 16.5. The third-order valence-electron chi connectivity index (χ3n) is 2.31. The number of amides is 1. The molecule has 0 aromatic heterocycles. The molecule has 1 fully saturated rings. The second-order valence-electron chi connectivity index (χ2n) is 3.23. The van der Waals surface area contributed by atoms with Gasteiger partial charge in [-0.2, -0.15) is 0 Å². The normalized spacial score (nSPS) is 25.6. The molecular weight excluding hydrogens is 186 g/mol. The first kappa shape index (κ1) is 10.7. The van der Waals surface area contributed by atoms with Gasteiger partial charge in [-0.15, -0.1) is 0 Å². The molecule has 0 bridgehead atoms. The minimum absolute atomic E-state index is 0.252. The molecule has 1 saturated heterocycles. The van der Waals surface area contributed by atoms with Gasteiger partial charge >= 0.3 is 5.97 Å². The van der Waals surface area contributed by atoms with Crippen LogP contribution in [-0.2, 0) is 19.1 Å². The zero-order chi connectivity index (χ0) is 10.9. The Bertz CT molecular complexity index is 287. The van der Waals surface area contributed by atoms with Gasteiger partial charge in [0.2, 0.25) is 5.91 Å². The summed E-state index contributed by atoms with van der Waals surface area (Å²) in [7, 11) is 1.49. The highest BCUT2D eigenvalue weighted by Gasteiger charge is 2.52. The summed E-state index contributed by atoms with van der Waals surface area (Å²) in [5.41, 5.74) is 0. The van der Waals surface area contributed by atoms with Crippen molar-refractivity contribution in [1.82, 2.24) is 4.90 Å². The summed E-state index contributed by atoms with van der Waals surface area (Å²) >= 11 is 0. The molecule has 1 aliphatic heterocycles. The van der Waals surface area contributed by atoms with Gasteiger partial charge in [0.15, 0.2) is 0 Å². The Labute approximate surface area is 82.0 Å². The third-order valence-corrected chi connectivity index (χ3v) is 2.31. The second-order valence-corrected chi connectivity index (χ2v) is 3.23. The predicted molar refractivity (Wildman–Crippen MR) is 47.4 cm³/mol. The van der Waals surface area contributed by atoms with Gasteiger partial charge < -0.3 is 9.64 Å². The molecule has 2 unspecified atom stereocenters. The van der Waals surface area contributed by atoms with Crippen molar-refractivity contribution in [2.24, 2.45) is 5.92 Å². The molecule has 5 heteroatoms.